The number of nitrogens with one attached hydrogen (secondary N) is 2. The molecule has 0 heterocycles. The molecule has 24 heavy (non-hydrogen) atoms. The predicted octanol–water partition coefficient (Wildman–Crippen LogP) is 3.64. The lowest BCUT2D eigenvalue weighted by Gasteiger charge is -2.16. The normalized spacial score (nSPS) is 11.5. The van der Waals surface area contributed by atoms with Crippen molar-refractivity contribution in [3.63, 3.8) is 0 Å². The highest BCUT2D eigenvalue weighted by atomic mass is 79.9. The summed E-state index contributed by atoms with van der Waals surface area (Å²) in [6.45, 7) is 3.43. The van der Waals surface area contributed by atoms with Gasteiger partial charge in [-0.15, -0.1) is 0 Å². The minimum atomic E-state index is -0.782. The van der Waals surface area contributed by atoms with E-state index in [0.717, 1.165) is 10.0 Å². The molecule has 0 saturated heterocycles. The molecule has 0 spiro atoms. The second kappa shape index (κ2) is 8.17. The van der Waals surface area contributed by atoms with E-state index < -0.39 is 17.9 Å². The van der Waals surface area contributed by atoms with Crippen LogP contribution in [-0.4, -0.2) is 17.9 Å². The molecule has 2 rings (SSSR count). The molecule has 0 saturated carbocycles. The smallest absolute Gasteiger partial charge is 0.279 e. The topological polar surface area (TPSA) is 67.4 Å². The molecule has 5 nitrogen and oxygen atoms in total. The Hall–Kier alpha value is -2.05. The Bertz CT molecular complexity index is 750. The molecule has 0 bridgehead atoms. The van der Waals surface area contributed by atoms with Gasteiger partial charge in [0.25, 0.3) is 11.8 Å². The number of carbonyl (C=O) groups excluding carboxylic acids is 2. The first-order valence-electron chi connectivity index (χ1n) is 7.15. The molecule has 2 aromatic rings. The van der Waals surface area contributed by atoms with Crippen LogP contribution in [0.5, 0.6) is 5.75 Å². The number of benzene rings is 2. The van der Waals surface area contributed by atoms with Crippen LogP contribution >= 0.6 is 27.5 Å². The molecule has 7 heteroatoms. The summed E-state index contributed by atoms with van der Waals surface area (Å²) >= 11 is 9.17. The van der Waals surface area contributed by atoms with Gasteiger partial charge in [-0.25, -0.2) is 0 Å². The third-order valence-electron chi connectivity index (χ3n) is 3.22. The molecular formula is C17H16BrClN2O3. The number of hydrazine groups is 1. The zero-order valence-corrected chi connectivity index (χ0v) is 15.4. The van der Waals surface area contributed by atoms with Crippen LogP contribution in [0.15, 0.2) is 46.9 Å². The van der Waals surface area contributed by atoms with E-state index in [-0.39, 0.29) is 0 Å². The maximum atomic E-state index is 12.0. The second-order valence-electron chi connectivity index (χ2n) is 5.12. The molecule has 126 valence electrons. The Labute approximate surface area is 153 Å². The fourth-order valence-electron chi connectivity index (χ4n) is 1.88. The van der Waals surface area contributed by atoms with Gasteiger partial charge in [0.1, 0.15) is 5.75 Å². The Kier molecular flexibility index (Phi) is 6.23. The van der Waals surface area contributed by atoms with Gasteiger partial charge in [0, 0.05) is 15.1 Å². The van der Waals surface area contributed by atoms with Crippen molar-refractivity contribution in [3.05, 3.63) is 63.1 Å². The van der Waals surface area contributed by atoms with Gasteiger partial charge in [0.15, 0.2) is 6.10 Å². The van der Waals surface area contributed by atoms with Crippen molar-refractivity contribution in [3.8, 4) is 5.75 Å². The van der Waals surface area contributed by atoms with E-state index in [1.165, 1.54) is 0 Å². The van der Waals surface area contributed by atoms with Crippen LogP contribution in [-0.2, 0) is 4.79 Å². The first kappa shape index (κ1) is 18.3. The van der Waals surface area contributed by atoms with Crippen LogP contribution < -0.4 is 15.6 Å². The van der Waals surface area contributed by atoms with Crippen molar-refractivity contribution >= 4 is 39.3 Å². The molecule has 0 unspecified atom stereocenters. The van der Waals surface area contributed by atoms with Gasteiger partial charge in [0.2, 0.25) is 0 Å². The van der Waals surface area contributed by atoms with E-state index in [2.05, 4.69) is 26.8 Å². The number of hydrogen-bond acceptors (Lipinski definition) is 3. The van der Waals surface area contributed by atoms with Crippen molar-refractivity contribution in [2.45, 2.75) is 20.0 Å². The van der Waals surface area contributed by atoms with Gasteiger partial charge in [-0.1, -0.05) is 27.5 Å². The summed E-state index contributed by atoms with van der Waals surface area (Å²) in [7, 11) is 0. The molecule has 2 N–H and O–H groups in total. The highest BCUT2D eigenvalue weighted by molar-refractivity contribution is 9.10. The molecule has 0 fully saturated rings. The number of halogens is 2. The number of hydrogen-bond donors (Lipinski definition) is 2. The van der Waals surface area contributed by atoms with Crippen LogP contribution in [0.1, 0.15) is 22.8 Å². The van der Waals surface area contributed by atoms with Gasteiger partial charge in [-0.2, -0.15) is 0 Å². The molecule has 0 aliphatic carbocycles. The molecule has 1 atom stereocenters. The number of amides is 2. The van der Waals surface area contributed by atoms with E-state index in [4.69, 9.17) is 16.3 Å². The summed E-state index contributed by atoms with van der Waals surface area (Å²) in [6.07, 6.45) is -0.782. The maximum Gasteiger partial charge on any atom is 0.279 e. The minimum Gasteiger partial charge on any atom is -0.481 e. The molecule has 0 aromatic heterocycles. The summed E-state index contributed by atoms with van der Waals surface area (Å²) in [5.41, 5.74) is 5.95. The van der Waals surface area contributed by atoms with Crippen molar-refractivity contribution in [2.75, 3.05) is 0 Å². The highest BCUT2D eigenvalue weighted by Crippen LogP contribution is 2.22. The molecule has 2 aromatic carbocycles. The highest BCUT2D eigenvalue weighted by Gasteiger charge is 2.16. The van der Waals surface area contributed by atoms with Gasteiger partial charge in [-0.05, 0) is 61.9 Å². The summed E-state index contributed by atoms with van der Waals surface area (Å²) < 4.78 is 6.45. The van der Waals surface area contributed by atoms with Gasteiger partial charge in [-0.3, -0.25) is 20.4 Å². The van der Waals surface area contributed by atoms with E-state index in [9.17, 15) is 9.59 Å². The van der Waals surface area contributed by atoms with E-state index in [0.29, 0.717) is 16.3 Å². The largest absolute Gasteiger partial charge is 0.481 e. The fourth-order valence-corrected chi connectivity index (χ4v) is 2.37. The summed E-state index contributed by atoms with van der Waals surface area (Å²) in [5, 5.41) is 0.596. The lowest BCUT2D eigenvalue weighted by molar-refractivity contribution is -0.128. The first-order valence-corrected chi connectivity index (χ1v) is 8.32. The van der Waals surface area contributed by atoms with Crippen LogP contribution in [0.4, 0.5) is 0 Å². The molecule has 2 amide bonds. The van der Waals surface area contributed by atoms with Crippen molar-refractivity contribution in [2.24, 2.45) is 0 Å². The number of aryl methyl sites for hydroxylation is 1. The number of ether oxygens (including phenoxy) is 1. The summed E-state index contributed by atoms with van der Waals surface area (Å²) in [5.74, 6) is -0.318. The SMILES string of the molecule is Cc1cc(Cl)ccc1O[C@H](C)C(=O)NNC(=O)c1ccc(Br)cc1. The van der Waals surface area contributed by atoms with Crippen LogP contribution in [0, 0.1) is 6.92 Å². The third kappa shape index (κ3) is 4.97. The summed E-state index contributed by atoms with van der Waals surface area (Å²) in [6, 6.07) is 11.9. The molecule has 0 aliphatic heterocycles. The second-order valence-corrected chi connectivity index (χ2v) is 6.47. The van der Waals surface area contributed by atoms with E-state index in [1.54, 1.807) is 49.4 Å². The Morgan fingerprint density at radius 3 is 2.42 bits per heavy atom. The van der Waals surface area contributed by atoms with E-state index in [1.807, 2.05) is 6.92 Å². The lowest BCUT2D eigenvalue weighted by atomic mass is 10.2. The number of carbonyl (C=O) groups is 2. The van der Waals surface area contributed by atoms with Gasteiger partial charge >= 0.3 is 0 Å². The van der Waals surface area contributed by atoms with Gasteiger partial charge in [0.05, 0.1) is 0 Å². The van der Waals surface area contributed by atoms with Crippen molar-refractivity contribution < 1.29 is 14.3 Å². The average Bonchev–Trinajstić information content (AvgIpc) is 2.55. The van der Waals surface area contributed by atoms with Crippen molar-refractivity contribution in [1.82, 2.24) is 10.9 Å². The number of rotatable bonds is 4. The average molecular weight is 412 g/mol. The summed E-state index contributed by atoms with van der Waals surface area (Å²) in [4.78, 5) is 24.0. The third-order valence-corrected chi connectivity index (χ3v) is 3.98. The van der Waals surface area contributed by atoms with Crippen LogP contribution in [0.3, 0.4) is 0 Å². The molecule has 0 radical (unpaired) electrons. The zero-order chi connectivity index (χ0) is 17.7. The van der Waals surface area contributed by atoms with Gasteiger partial charge < -0.3 is 4.74 Å². The fraction of sp³-hybridized carbons (Fsp3) is 0.176. The van der Waals surface area contributed by atoms with Crippen LogP contribution in [0.2, 0.25) is 5.02 Å². The minimum absolute atomic E-state index is 0.411. The standard InChI is InChI=1S/C17H16BrClN2O3/c1-10-9-14(19)7-8-15(10)24-11(2)16(22)20-21-17(23)12-3-5-13(18)6-4-12/h3-9,11H,1-2H3,(H,20,22)(H,21,23)/t11-/m1/s1. The lowest BCUT2D eigenvalue weighted by Crippen LogP contribution is -2.47. The van der Waals surface area contributed by atoms with E-state index >= 15 is 0 Å². The maximum absolute atomic E-state index is 12.0. The molecule has 0 aliphatic rings. The monoisotopic (exact) mass is 410 g/mol. The predicted molar refractivity (Wildman–Crippen MR) is 96.0 cm³/mol. The molecular weight excluding hydrogens is 396 g/mol. The zero-order valence-electron chi connectivity index (χ0n) is 13.1. The Balaban J connectivity index is 1.89. The van der Waals surface area contributed by atoms with Crippen molar-refractivity contribution in [1.29, 1.82) is 0 Å². The Morgan fingerprint density at radius 1 is 1.12 bits per heavy atom. The van der Waals surface area contributed by atoms with Crippen LogP contribution in [0.25, 0.3) is 0 Å². The quantitative estimate of drug-likeness (QED) is 0.755. The Morgan fingerprint density at radius 2 is 1.79 bits per heavy atom. The first-order chi connectivity index (χ1) is 11.4.